The van der Waals surface area contributed by atoms with E-state index in [0.29, 0.717) is 32.5 Å². The van der Waals surface area contributed by atoms with E-state index in [9.17, 15) is 13.2 Å². The number of carbonyl (C=O) groups is 1. The van der Waals surface area contributed by atoms with Crippen LogP contribution >= 0.6 is 11.3 Å². The molecule has 0 spiro atoms. The molecule has 6 nitrogen and oxygen atoms in total. The molecule has 0 amide bonds. The topological polar surface area (TPSA) is 83.9 Å². The van der Waals surface area contributed by atoms with Gasteiger partial charge in [-0.05, 0) is 31.2 Å². The van der Waals surface area contributed by atoms with Gasteiger partial charge in [0.15, 0.2) is 0 Å². The van der Waals surface area contributed by atoms with Crippen LogP contribution in [0.15, 0.2) is 16.3 Å². The number of hydrogen-bond acceptors (Lipinski definition) is 5. The van der Waals surface area contributed by atoms with E-state index in [0.717, 1.165) is 11.3 Å². The van der Waals surface area contributed by atoms with Crippen LogP contribution in [0.2, 0.25) is 0 Å². The van der Waals surface area contributed by atoms with Crippen LogP contribution in [0.1, 0.15) is 29.4 Å². The van der Waals surface area contributed by atoms with Crippen LogP contribution in [0.5, 0.6) is 0 Å². The number of ether oxygens (including phenoxy) is 1. The molecule has 0 radical (unpaired) electrons. The fourth-order valence-corrected chi connectivity index (χ4v) is 4.97. The van der Waals surface area contributed by atoms with Crippen molar-refractivity contribution in [3.8, 4) is 0 Å². The third-order valence-corrected chi connectivity index (χ3v) is 6.22. The summed E-state index contributed by atoms with van der Waals surface area (Å²) in [6, 6.07) is 1.36. The largest absolute Gasteiger partial charge is 0.477 e. The average molecular weight is 319 g/mol. The summed E-state index contributed by atoms with van der Waals surface area (Å²) in [6.07, 6.45) is 1.37. The lowest BCUT2D eigenvalue weighted by Crippen LogP contribution is -2.41. The molecule has 8 heteroatoms. The Labute approximate surface area is 122 Å². The Morgan fingerprint density at radius 1 is 1.50 bits per heavy atom. The summed E-state index contributed by atoms with van der Waals surface area (Å²) in [4.78, 5) is 10.8. The van der Waals surface area contributed by atoms with Gasteiger partial charge in [-0.1, -0.05) is 0 Å². The molecule has 2 rings (SSSR count). The number of nitrogens with zero attached hydrogens (tertiary/aromatic N) is 1. The predicted octanol–water partition coefficient (Wildman–Crippen LogP) is 1.64. The summed E-state index contributed by atoms with van der Waals surface area (Å²) in [5.74, 6) is -1.21. The lowest BCUT2D eigenvalue weighted by atomic mass is 10.1. The molecule has 0 aliphatic carbocycles. The fourth-order valence-electron chi connectivity index (χ4n) is 2.27. The maximum Gasteiger partial charge on any atom is 0.347 e. The molecule has 0 atom stereocenters. The van der Waals surface area contributed by atoms with Crippen LogP contribution in [-0.4, -0.2) is 49.6 Å². The van der Waals surface area contributed by atoms with E-state index in [1.807, 2.05) is 6.92 Å². The first-order chi connectivity index (χ1) is 9.46. The molecule has 1 aromatic heterocycles. The summed E-state index contributed by atoms with van der Waals surface area (Å²) in [7, 11) is -3.73. The fraction of sp³-hybridized carbons (Fsp3) is 0.583. The molecule has 1 saturated heterocycles. The van der Waals surface area contributed by atoms with Crippen molar-refractivity contribution in [3.63, 3.8) is 0 Å². The van der Waals surface area contributed by atoms with Gasteiger partial charge in [-0.25, -0.2) is 13.2 Å². The van der Waals surface area contributed by atoms with E-state index in [1.54, 1.807) is 0 Å². The van der Waals surface area contributed by atoms with Crippen LogP contribution in [0.25, 0.3) is 0 Å². The number of aromatic carboxylic acids is 1. The number of carboxylic acids is 1. The number of sulfonamides is 1. The van der Waals surface area contributed by atoms with E-state index >= 15 is 0 Å². The van der Waals surface area contributed by atoms with Crippen molar-refractivity contribution in [2.24, 2.45) is 0 Å². The van der Waals surface area contributed by atoms with Gasteiger partial charge in [0.1, 0.15) is 9.77 Å². The molecule has 1 N–H and O–H groups in total. The second-order valence-electron chi connectivity index (χ2n) is 4.48. The van der Waals surface area contributed by atoms with E-state index in [-0.39, 0.29) is 15.9 Å². The SMILES string of the molecule is CCOC1CCN(S(=O)(=O)c2ccsc2C(=O)O)CC1. The molecule has 112 valence electrons. The highest BCUT2D eigenvalue weighted by atomic mass is 32.2. The van der Waals surface area contributed by atoms with Crippen LogP contribution in [0.4, 0.5) is 0 Å². The first-order valence-corrected chi connectivity index (χ1v) is 8.71. The Bertz CT molecular complexity index is 572. The van der Waals surface area contributed by atoms with Gasteiger partial charge in [-0.3, -0.25) is 0 Å². The summed E-state index contributed by atoms with van der Waals surface area (Å²) in [6.45, 7) is 3.25. The quantitative estimate of drug-likeness (QED) is 0.892. The predicted molar refractivity (Wildman–Crippen MR) is 74.7 cm³/mol. The zero-order valence-corrected chi connectivity index (χ0v) is 12.7. The van der Waals surface area contributed by atoms with E-state index in [2.05, 4.69) is 0 Å². The number of hydrogen-bond donors (Lipinski definition) is 1. The van der Waals surface area contributed by atoms with Gasteiger partial charge in [-0.15, -0.1) is 11.3 Å². The minimum absolute atomic E-state index is 0.0906. The van der Waals surface area contributed by atoms with Gasteiger partial charge < -0.3 is 9.84 Å². The van der Waals surface area contributed by atoms with Gasteiger partial charge in [0, 0.05) is 19.7 Å². The molecule has 1 aromatic rings. The Hall–Kier alpha value is -0.960. The average Bonchev–Trinajstić information content (AvgIpc) is 2.90. The summed E-state index contributed by atoms with van der Waals surface area (Å²) >= 11 is 0.927. The lowest BCUT2D eigenvalue weighted by Gasteiger charge is -2.30. The Morgan fingerprint density at radius 2 is 2.15 bits per heavy atom. The van der Waals surface area contributed by atoms with Crippen molar-refractivity contribution in [1.82, 2.24) is 4.31 Å². The molecule has 1 aliphatic heterocycles. The van der Waals surface area contributed by atoms with Crippen LogP contribution in [0, 0.1) is 0 Å². The van der Waals surface area contributed by atoms with E-state index < -0.39 is 16.0 Å². The molecule has 1 fully saturated rings. The number of thiophene rings is 1. The minimum atomic E-state index is -3.73. The third-order valence-electron chi connectivity index (χ3n) is 3.24. The number of carboxylic acid groups (broad SMARTS) is 1. The van der Waals surface area contributed by atoms with Crippen molar-refractivity contribution >= 4 is 27.3 Å². The first kappa shape index (κ1) is 15.4. The molecular weight excluding hydrogens is 302 g/mol. The zero-order chi connectivity index (χ0) is 14.8. The van der Waals surface area contributed by atoms with Crippen molar-refractivity contribution in [2.45, 2.75) is 30.8 Å². The smallest absolute Gasteiger partial charge is 0.347 e. The standard InChI is InChI=1S/C12H17NO5S2/c1-2-18-9-3-6-13(7-4-9)20(16,17)10-5-8-19-11(10)12(14)15/h5,8-9H,2-4,6-7H2,1H3,(H,14,15). The van der Waals surface area contributed by atoms with E-state index in [1.165, 1.54) is 15.8 Å². The molecule has 2 heterocycles. The van der Waals surface area contributed by atoms with Gasteiger partial charge in [0.05, 0.1) is 6.10 Å². The molecular formula is C12H17NO5S2. The summed E-state index contributed by atoms with van der Waals surface area (Å²) in [5.41, 5.74) is 0. The highest BCUT2D eigenvalue weighted by Crippen LogP contribution is 2.27. The molecule has 0 bridgehead atoms. The molecule has 0 saturated carbocycles. The molecule has 20 heavy (non-hydrogen) atoms. The molecule has 1 aliphatic rings. The minimum Gasteiger partial charge on any atom is -0.477 e. The Morgan fingerprint density at radius 3 is 2.70 bits per heavy atom. The second kappa shape index (κ2) is 6.21. The Kier molecular flexibility index (Phi) is 4.79. The number of piperidine rings is 1. The van der Waals surface area contributed by atoms with Gasteiger partial charge in [0.25, 0.3) is 0 Å². The second-order valence-corrected chi connectivity index (χ2v) is 7.30. The lowest BCUT2D eigenvalue weighted by molar-refractivity contribution is 0.0289. The summed E-state index contributed by atoms with van der Waals surface area (Å²) < 4.78 is 31.8. The third kappa shape index (κ3) is 3.03. The van der Waals surface area contributed by atoms with Crippen LogP contribution in [0.3, 0.4) is 0 Å². The normalized spacial score (nSPS) is 18.2. The van der Waals surface area contributed by atoms with Crippen LogP contribution in [-0.2, 0) is 14.8 Å². The Balaban J connectivity index is 2.16. The van der Waals surface area contributed by atoms with Crippen molar-refractivity contribution in [1.29, 1.82) is 0 Å². The monoisotopic (exact) mass is 319 g/mol. The van der Waals surface area contributed by atoms with Gasteiger partial charge >= 0.3 is 5.97 Å². The summed E-state index contributed by atoms with van der Waals surface area (Å²) in [5, 5.41) is 10.5. The van der Waals surface area contributed by atoms with Crippen LogP contribution < -0.4 is 0 Å². The molecule has 0 unspecified atom stereocenters. The first-order valence-electron chi connectivity index (χ1n) is 6.39. The maximum absolute atomic E-state index is 12.5. The maximum atomic E-state index is 12.5. The van der Waals surface area contributed by atoms with Crippen molar-refractivity contribution in [3.05, 3.63) is 16.3 Å². The van der Waals surface area contributed by atoms with Crippen molar-refractivity contribution in [2.75, 3.05) is 19.7 Å². The highest BCUT2D eigenvalue weighted by molar-refractivity contribution is 7.89. The van der Waals surface area contributed by atoms with Gasteiger partial charge in [-0.2, -0.15) is 4.31 Å². The molecule has 0 aromatic carbocycles. The zero-order valence-electron chi connectivity index (χ0n) is 11.1. The number of rotatable bonds is 5. The van der Waals surface area contributed by atoms with E-state index in [4.69, 9.17) is 9.84 Å². The van der Waals surface area contributed by atoms with Crippen molar-refractivity contribution < 1.29 is 23.1 Å². The highest BCUT2D eigenvalue weighted by Gasteiger charge is 2.33. The van der Waals surface area contributed by atoms with Gasteiger partial charge in [0.2, 0.25) is 10.0 Å².